The lowest BCUT2D eigenvalue weighted by Gasteiger charge is -2.21. The number of aliphatic hydroxyl groups is 1. The second-order valence-corrected chi connectivity index (χ2v) is 5.33. The maximum Gasteiger partial charge on any atom is 0.139 e. The fourth-order valence-electron chi connectivity index (χ4n) is 2.33. The Hall–Kier alpha value is -0.810. The number of nitrogen functional groups attached to an aromatic ring is 1. The van der Waals surface area contributed by atoms with Gasteiger partial charge in [0.05, 0.1) is 15.8 Å². The fraction of sp³-hybridized carbons (Fsp3) is 0.500. The minimum absolute atomic E-state index is 0.163. The monoisotopic (exact) mass is 302 g/mol. The standard InChI is InChI=1S/C12H16BrFN2O/c13-8-4-10(15)12(5-9(8)14)16-11-3-1-2-7(11)6-17/h4-5,7,11,16-17H,1-3,6,15H2. The molecule has 0 saturated heterocycles. The molecule has 0 aliphatic heterocycles. The molecule has 1 aromatic carbocycles. The number of nitrogens with one attached hydrogen (secondary N) is 1. The average molecular weight is 303 g/mol. The summed E-state index contributed by atoms with van der Waals surface area (Å²) in [5.74, 6) is -0.0960. The third kappa shape index (κ3) is 2.72. The van der Waals surface area contributed by atoms with E-state index in [2.05, 4.69) is 21.2 Å². The van der Waals surface area contributed by atoms with Crippen LogP contribution in [0.4, 0.5) is 15.8 Å². The van der Waals surface area contributed by atoms with E-state index in [1.807, 2.05) is 0 Å². The number of aliphatic hydroxyl groups excluding tert-OH is 1. The van der Waals surface area contributed by atoms with E-state index in [0.29, 0.717) is 15.8 Å². The first-order valence-electron chi connectivity index (χ1n) is 5.73. The minimum atomic E-state index is -0.333. The van der Waals surface area contributed by atoms with Crippen LogP contribution in [0.15, 0.2) is 16.6 Å². The third-order valence-electron chi connectivity index (χ3n) is 3.33. The van der Waals surface area contributed by atoms with Crippen LogP contribution in [0.5, 0.6) is 0 Å². The Labute approximate surface area is 108 Å². The predicted molar refractivity (Wildman–Crippen MR) is 70.3 cm³/mol. The Bertz CT molecular complexity index is 414. The number of hydrogen-bond donors (Lipinski definition) is 3. The van der Waals surface area contributed by atoms with Crippen molar-refractivity contribution in [1.29, 1.82) is 0 Å². The Morgan fingerprint density at radius 1 is 1.47 bits per heavy atom. The lowest BCUT2D eigenvalue weighted by atomic mass is 10.0. The van der Waals surface area contributed by atoms with Crippen LogP contribution in [0.2, 0.25) is 0 Å². The third-order valence-corrected chi connectivity index (χ3v) is 3.93. The summed E-state index contributed by atoms with van der Waals surface area (Å²) in [4.78, 5) is 0. The lowest BCUT2D eigenvalue weighted by molar-refractivity contribution is 0.222. The molecular formula is C12H16BrFN2O. The maximum absolute atomic E-state index is 13.4. The van der Waals surface area contributed by atoms with Gasteiger partial charge in [0.25, 0.3) is 0 Å². The molecule has 1 fully saturated rings. The van der Waals surface area contributed by atoms with Crippen LogP contribution >= 0.6 is 15.9 Å². The van der Waals surface area contributed by atoms with Gasteiger partial charge in [-0.2, -0.15) is 0 Å². The molecule has 17 heavy (non-hydrogen) atoms. The van der Waals surface area contributed by atoms with Crippen LogP contribution in [0.25, 0.3) is 0 Å². The van der Waals surface area contributed by atoms with Crippen molar-refractivity contribution < 1.29 is 9.50 Å². The Morgan fingerprint density at radius 2 is 2.24 bits per heavy atom. The number of anilines is 2. The molecule has 3 nitrogen and oxygen atoms in total. The highest BCUT2D eigenvalue weighted by molar-refractivity contribution is 9.10. The topological polar surface area (TPSA) is 58.3 Å². The summed E-state index contributed by atoms with van der Waals surface area (Å²) in [5, 5.41) is 12.5. The first kappa shape index (κ1) is 12.6. The van der Waals surface area contributed by atoms with Crippen LogP contribution in [0, 0.1) is 11.7 Å². The highest BCUT2D eigenvalue weighted by atomic mass is 79.9. The molecule has 0 aromatic heterocycles. The molecule has 1 aliphatic rings. The summed E-state index contributed by atoms with van der Waals surface area (Å²) in [7, 11) is 0. The van der Waals surface area contributed by atoms with E-state index in [1.54, 1.807) is 6.07 Å². The Balaban J connectivity index is 2.15. The molecule has 0 bridgehead atoms. The maximum atomic E-state index is 13.4. The minimum Gasteiger partial charge on any atom is -0.397 e. The molecule has 2 unspecified atom stereocenters. The normalized spacial score (nSPS) is 23.9. The van der Waals surface area contributed by atoms with E-state index < -0.39 is 0 Å². The molecule has 0 spiro atoms. The van der Waals surface area contributed by atoms with Gasteiger partial charge in [0.15, 0.2) is 0 Å². The van der Waals surface area contributed by atoms with Crippen molar-refractivity contribution in [2.45, 2.75) is 25.3 Å². The number of nitrogens with two attached hydrogens (primary N) is 1. The van der Waals surface area contributed by atoms with Crippen molar-refractivity contribution in [3.05, 3.63) is 22.4 Å². The Kier molecular flexibility index (Phi) is 3.89. The summed E-state index contributed by atoms with van der Waals surface area (Å²) in [5.41, 5.74) is 6.96. The first-order chi connectivity index (χ1) is 8.11. The largest absolute Gasteiger partial charge is 0.397 e. The van der Waals surface area contributed by atoms with E-state index >= 15 is 0 Å². The van der Waals surface area contributed by atoms with E-state index in [1.165, 1.54) is 6.07 Å². The van der Waals surface area contributed by atoms with Crippen molar-refractivity contribution in [3.63, 3.8) is 0 Å². The SMILES string of the molecule is Nc1cc(Br)c(F)cc1NC1CCCC1CO. The number of hydrogen-bond acceptors (Lipinski definition) is 3. The van der Waals surface area contributed by atoms with Crippen molar-refractivity contribution >= 4 is 27.3 Å². The molecular weight excluding hydrogens is 287 g/mol. The molecule has 0 radical (unpaired) electrons. The van der Waals surface area contributed by atoms with Gasteiger partial charge < -0.3 is 16.2 Å². The fourth-order valence-corrected chi connectivity index (χ4v) is 2.69. The van der Waals surface area contributed by atoms with Gasteiger partial charge in [-0.1, -0.05) is 6.42 Å². The predicted octanol–water partition coefficient (Wildman–Crippen LogP) is 2.74. The number of rotatable bonds is 3. The van der Waals surface area contributed by atoms with Crippen molar-refractivity contribution in [2.75, 3.05) is 17.7 Å². The zero-order valence-corrected chi connectivity index (χ0v) is 11.0. The highest BCUT2D eigenvalue weighted by Gasteiger charge is 2.26. The molecule has 1 aromatic rings. The van der Waals surface area contributed by atoms with E-state index in [0.717, 1.165) is 19.3 Å². The summed E-state index contributed by atoms with van der Waals surface area (Å²) in [6.45, 7) is 0.163. The molecule has 1 saturated carbocycles. The summed E-state index contributed by atoms with van der Waals surface area (Å²) < 4.78 is 13.8. The van der Waals surface area contributed by atoms with Gasteiger partial charge in [-0.15, -0.1) is 0 Å². The van der Waals surface area contributed by atoms with Gasteiger partial charge in [0, 0.05) is 24.6 Å². The second kappa shape index (κ2) is 5.23. The van der Waals surface area contributed by atoms with Crippen LogP contribution in [-0.2, 0) is 0 Å². The van der Waals surface area contributed by atoms with E-state index in [-0.39, 0.29) is 24.4 Å². The molecule has 0 heterocycles. The van der Waals surface area contributed by atoms with E-state index in [4.69, 9.17) is 5.73 Å². The molecule has 2 atom stereocenters. The molecule has 0 amide bonds. The van der Waals surface area contributed by atoms with E-state index in [9.17, 15) is 9.50 Å². The van der Waals surface area contributed by atoms with Gasteiger partial charge in [-0.25, -0.2) is 4.39 Å². The first-order valence-corrected chi connectivity index (χ1v) is 6.53. The molecule has 94 valence electrons. The van der Waals surface area contributed by atoms with Gasteiger partial charge in [0.1, 0.15) is 5.82 Å². The summed E-state index contributed by atoms with van der Waals surface area (Å²) in [6, 6.07) is 3.13. The van der Waals surface area contributed by atoms with Crippen LogP contribution in [0.3, 0.4) is 0 Å². The quantitative estimate of drug-likeness (QED) is 0.753. The van der Waals surface area contributed by atoms with Crippen molar-refractivity contribution in [3.8, 4) is 0 Å². The number of benzene rings is 1. The second-order valence-electron chi connectivity index (χ2n) is 4.48. The van der Waals surface area contributed by atoms with Gasteiger partial charge >= 0.3 is 0 Å². The summed E-state index contributed by atoms with van der Waals surface area (Å²) >= 11 is 3.10. The number of halogens is 2. The van der Waals surface area contributed by atoms with Gasteiger partial charge in [0.2, 0.25) is 0 Å². The van der Waals surface area contributed by atoms with Gasteiger partial charge in [-0.05, 0) is 34.8 Å². The van der Waals surface area contributed by atoms with Crippen LogP contribution in [0.1, 0.15) is 19.3 Å². The molecule has 5 heteroatoms. The van der Waals surface area contributed by atoms with Gasteiger partial charge in [-0.3, -0.25) is 0 Å². The van der Waals surface area contributed by atoms with Crippen LogP contribution in [-0.4, -0.2) is 17.8 Å². The molecule has 2 rings (SSSR count). The average Bonchev–Trinajstić information content (AvgIpc) is 2.73. The van der Waals surface area contributed by atoms with Crippen LogP contribution < -0.4 is 11.1 Å². The van der Waals surface area contributed by atoms with Crippen molar-refractivity contribution in [2.24, 2.45) is 5.92 Å². The lowest BCUT2D eigenvalue weighted by Crippen LogP contribution is -2.26. The smallest absolute Gasteiger partial charge is 0.139 e. The zero-order chi connectivity index (χ0) is 12.4. The molecule has 1 aliphatic carbocycles. The molecule has 4 N–H and O–H groups in total. The van der Waals surface area contributed by atoms with Crippen molar-refractivity contribution in [1.82, 2.24) is 0 Å². The summed E-state index contributed by atoms with van der Waals surface area (Å²) in [6.07, 6.45) is 3.08. The Morgan fingerprint density at radius 3 is 2.94 bits per heavy atom. The zero-order valence-electron chi connectivity index (χ0n) is 9.42. The highest BCUT2D eigenvalue weighted by Crippen LogP contribution is 2.32.